The standard InChI is InChI=1S/C19H20N4O4S/c1-24-14-8-6-5-7-13(14)18-21-22-19(28)23(18)20-11-12-9-15(25-2)17(27-4)16(10-12)26-3/h5-11H,1-4H3,(H,22,28). The average molecular weight is 400 g/mol. The highest BCUT2D eigenvalue weighted by molar-refractivity contribution is 7.71. The van der Waals surface area contributed by atoms with Crippen LogP contribution < -0.4 is 18.9 Å². The monoisotopic (exact) mass is 400 g/mol. The second-order valence-corrected chi connectivity index (χ2v) is 5.95. The number of aromatic nitrogens is 3. The minimum absolute atomic E-state index is 0.351. The number of aromatic amines is 1. The van der Waals surface area contributed by atoms with E-state index in [-0.39, 0.29) is 0 Å². The molecule has 0 unspecified atom stereocenters. The Morgan fingerprint density at radius 3 is 2.21 bits per heavy atom. The minimum atomic E-state index is 0.351. The van der Waals surface area contributed by atoms with Crippen LogP contribution in [0.1, 0.15) is 5.56 Å². The number of rotatable bonds is 7. The summed E-state index contributed by atoms with van der Waals surface area (Å²) in [5.41, 5.74) is 1.50. The lowest BCUT2D eigenvalue weighted by molar-refractivity contribution is 0.324. The SMILES string of the molecule is COc1ccccc1-c1n[nH]c(=S)n1N=Cc1cc(OC)c(OC)c(OC)c1. The molecule has 1 aromatic heterocycles. The number of H-pyrrole nitrogens is 1. The van der Waals surface area contributed by atoms with E-state index in [4.69, 9.17) is 31.2 Å². The highest BCUT2D eigenvalue weighted by Crippen LogP contribution is 2.37. The molecule has 2 aromatic carbocycles. The molecule has 146 valence electrons. The van der Waals surface area contributed by atoms with Crippen LogP contribution in [0.15, 0.2) is 41.5 Å². The normalized spacial score (nSPS) is 10.9. The zero-order chi connectivity index (χ0) is 20.1. The maximum atomic E-state index is 5.41. The smallest absolute Gasteiger partial charge is 0.216 e. The summed E-state index contributed by atoms with van der Waals surface area (Å²) in [5.74, 6) is 2.77. The van der Waals surface area contributed by atoms with Gasteiger partial charge in [-0.3, -0.25) is 0 Å². The van der Waals surface area contributed by atoms with Crippen molar-refractivity contribution in [2.45, 2.75) is 0 Å². The Labute approximate surface area is 167 Å². The van der Waals surface area contributed by atoms with Crippen LogP contribution in [0, 0.1) is 4.77 Å². The number of ether oxygens (including phenoxy) is 4. The van der Waals surface area contributed by atoms with Crippen molar-refractivity contribution in [2.24, 2.45) is 5.10 Å². The van der Waals surface area contributed by atoms with E-state index in [1.54, 1.807) is 46.8 Å². The van der Waals surface area contributed by atoms with Crippen molar-refractivity contribution in [3.05, 3.63) is 46.7 Å². The van der Waals surface area contributed by atoms with Crippen LogP contribution >= 0.6 is 12.2 Å². The summed E-state index contributed by atoms with van der Waals surface area (Å²) in [4.78, 5) is 0. The van der Waals surface area contributed by atoms with E-state index in [9.17, 15) is 0 Å². The van der Waals surface area contributed by atoms with Crippen LogP contribution in [0.4, 0.5) is 0 Å². The van der Waals surface area contributed by atoms with Gasteiger partial charge in [0.2, 0.25) is 10.5 Å². The van der Waals surface area contributed by atoms with Crippen molar-refractivity contribution in [1.82, 2.24) is 14.9 Å². The van der Waals surface area contributed by atoms with Gasteiger partial charge in [-0.15, -0.1) is 0 Å². The van der Waals surface area contributed by atoms with Crippen molar-refractivity contribution in [3.8, 4) is 34.4 Å². The molecule has 0 atom stereocenters. The Balaban J connectivity index is 2.05. The van der Waals surface area contributed by atoms with E-state index in [2.05, 4.69) is 15.3 Å². The van der Waals surface area contributed by atoms with Crippen LogP contribution in [0.25, 0.3) is 11.4 Å². The molecule has 0 fully saturated rings. The summed E-state index contributed by atoms with van der Waals surface area (Å²) in [5, 5.41) is 11.5. The molecule has 0 bridgehead atoms. The Kier molecular flexibility index (Phi) is 5.95. The maximum absolute atomic E-state index is 5.41. The summed E-state index contributed by atoms with van der Waals surface area (Å²) < 4.78 is 23.4. The van der Waals surface area contributed by atoms with Crippen molar-refractivity contribution in [2.75, 3.05) is 28.4 Å². The Hall–Kier alpha value is -3.33. The first-order valence-electron chi connectivity index (χ1n) is 8.28. The third-order valence-corrected chi connectivity index (χ3v) is 4.27. The van der Waals surface area contributed by atoms with Gasteiger partial charge in [-0.1, -0.05) is 12.1 Å². The molecule has 3 rings (SSSR count). The predicted octanol–water partition coefficient (Wildman–Crippen LogP) is 3.52. The summed E-state index contributed by atoms with van der Waals surface area (Å²) in [6.45, 7) is 0. The van der Waals surface area contributed by atoms with Gasteiger partial charge in [0, 0.05) is 5.56 Å². The molecule has 0 aliphatic carbocycles. The summed E-state index contributed by atoms with van der Waals surface area (Å²) in [6, 6.07) is 11.1. The van der Waals surface area contributed by atoms with Crippen molar-refractivity contribution < 1.29 is 18.9 Å². The lowest BCUT2D eigenvalue weighted by Crippen LogP contribution is -1.99. The summed E-state index contributed by atoms with van der Waals surface area (Å²) in [6.07, 6.45) is 1.63. The van der Waals surface area contributed by atoms with Gasteiger partial charge in [0.15, 0.2) is 17.3 Å². The minimum Gasteiger partial charge on any atom is -0.496 e. The maximum Gasteiger partial charge on any atom is 0.216 e. The van der Waals surface area contributed by atoms with E-state index in [1.807, 2.05) is 24.3 Å². The number of benzene rings is 2. The molecule has 28 heavy (non-hydrogen) atoms. The number of hydrogen-bond donors (Lipinski definition) is 1. The van der Waals surface area contributed by atoms with E-state index >= 15 is 0 Å². The molecular formula is C19H20N4O4S. The number of nitrogens with zero attached hydrogens (tertiary/aromatic N) is 3. The first kappa shape index (κ1) is 19.4. The predicted molar refractivity (Wildman–Crippen MR) is 108 cm³/mol. The van der Waals surface area contributed by atoms with Crippen molar-refractivity contribution >= 4 is 18.4 Å². The van der Waals surface area contributed by atoms with Gasteiger partial charge in [0.1, 0.15) is 5.75 Å². The first-order chi connectivity index (χ1) is 13.6. The van der Waals surface area contributed by atoms with Crippen LogP contribution in [0.2, 0.25) is 0 Å². The fourth-order valence-electron chi connectivity index (χ4n) is 2.70. The molecule has 0 amide bonds. The molecule has 0 spiro atoms. The van der Waals surface area contributed by atoms with Gasteiger partial charge in [0.05, 0.1) is 40.2 Å². The molecule has 1 N–H and O–H groups in total. The van der Waals surface area contributed by atoms with Gasteiger partial charge < -0.3 is 18.9 Å². The Morgan fingerprint density at radius 1 is 0.964 bits per heavy atom. The topological polar surface area (TPSA) is 82.9 Å². The van der Waals surface area contributed by atoms with Crippen molar-refractivity contribution in [1.29, 1.82) is 0 Å². The van der Waals surface area contributed by atoms with Crippen LogP contribution in [0.3, 0.4) is 0 Å². The Morgan fingerprint density at radius 2 is 1.61 bits per heavy atom. The average Bonchev–Trinajstić information content (AvgIpc) is 3.11. The molecule has 0 aliphatic rings. The third-order valence-electron chi connectivity index (χ3n) is 4.01. The lowest BCUT2D eigenvalue weighted by atomic mass is 10.2. The lowest BCUT2D eigenvalue weighted by Gasteiger charge is -2.12. The second kappa shape index (κ2) is 8.57. The van der Waals surface area contributed by atoms with E-state index in [0.717, 1.165) is 11.1 Å². The van der Waals surface area contributed by atoms with Crippen LogP contribution in [-0.2, 0) is 0 Å². The zero-order valence-corrected chi connectivity index (χ0v) is 16.7. The third kappa shape index (κ3) is 3.70. The number of nitrogens with one attached hydrogen (secondary N) is 1. The molecule has 1 heterocycles. The summed E-state index contributed by atoms with van der Waals surface area (Å²) in [7, 11) is 6.27. The van der Waals surface area contributed by atoms with Crippen LogP contribution in [0.5, 0.6) is 23.0 Å². The van der Waals surface area contributed by atoms with E-state index in [0.29, 0.717) is 33.6 Å². The van der Waals surface area contributed by atoms with Crippen LogP contribution in [-0.4, -0.2) is 49.5 Å². The molecule has 0 radical (unpaired) electrons. The second-order valence-electron chi connectivity index (χ2n) is 5.57. The molecule has 9 heteroatoms. The quantitative estimate of drug-likeness (QED) is 0.483. The van der Waals surface area contributed by atoms with Gasteiger partial charge in [-0.05, 0) is 36.5 Å². The molecule has 0 saturated heterocycles. The van der Waals surface area contributed by atoms with E-state index in [1.165, 1.54) is 4.68 Å². The fourth-order valence-corrected chi connectivity index (χ4v) is 2.88. The summed E-state index contributed by atoms with van der Waals surface area (Å²) >= 11 is 5.33. The zero-order valence-electron chi connectivity index (χ0n) is 15.9. The van der Waals surface area contributed by atoms with Gasteiger partial charge in [0.25, 0.3) is 0 Å². The molecule has 3 aromatic rings. The molecular weight excluding hydrogens is 380 g/mol. The van der Waals surface area contributed by atoms with Gasteiger partial charge in [-0.25, -0.2) is 5.10 Å². The van der Waals surface area contributed by atoms with E-state index < -0.39 is 0 Å². The number of para-hydroxylation sites is 1. The molecule has 8 nitrogen and oxygen atoms in total. The van der Waals surface area contributed by atoms with Crippen molar-refractivity contribution in [3.63, 3.8) is 0 Å². The number of methoxy groups -OCH3 is 4. The highest BCUT2D eigenvalue weighted by atomic mass is 32.1. The van der Waals surface area contributed by atoms with Gasteiger partial charge in [-0.2, -0.15) is 14.9 Å². The molecule has 0 saturated carbocycles. The highest BCUT2D eigenvalue weighted by Gasteiger charge is 2.14. The fraction of sp³-hybridized carbons (Fsp3) is 0.211. The molecule has 0 aliphatic heterocycles. The van der Waals surface area contributed by atoms with Gasteiger partial charge >= 0.3 is 0 Å². The Bertz CT molecular complexity index is 1030. The number of hydrogen-bond acceptors (Lipinski definition) is 7. The largest absolute Gasteiger partial charge is 0.496 e. The first-order valence-corrected chi connectivity index (χ1v) is 8.69.